The quantitative estimate of drug-likeness (QED) is 0.505. The molecule has 1 aromatic rings. The van der Waals surface area contributed by atoms with Gasteiger partial charge in [0.2, 0.25) is 0 Å². The van der Waals surface area contributed by atoms with Crippen LogP contribution < -0.4 is 0 Å². The van der Waals surface area contributed by atoms with Crippen molar-refractivity contribution in [2.75, 3.05) is 0 Å². The lowest BCUT2D eigenvalue weighted by Crippen LogP contribution is -2.26. The average Bonchev–Trinajstić information content (AvgIpc) is 2.64. The van der Waals surface area contributed by atoms with Crippen molar-refractivity contribution in [2.24, 2.45) is 23.7 Å². The summed E-state index contributed by atoms with van der Waals surface area (Å²) in [5.74, 6) is 2.29. The maximum atomic E-state index is 13.3. The summed E-state index contributed by atoms with van der Waals surface area (Å²) in [6.45, 7) is 2.31. The van der Waals surface area contributed by atoms with Crippen LogP contribution in [0.4, 0.5) is 8.78 Å². The van der Waals surface area contributed by atoms with Crippen LogP contribution in [-0.2, 0) is 6.42 Å². The van der Waals surface area contributed by atoms with Gasteiger partial charge in [0, 0.05) is 0 Å². The van der Waals surface area contributed by atoms with Crippen LogP contribution in [0.15, 0.2) is 18.2 Å². The fraction of sp³-hybridized carbons (Fsp3) is 0.739. The number of hydrogen-bond acceptors (Lipinski definition) is 0. The lowest BCUT2D eigenvalue weighted by Gasteiger charge is -2.38. The first-order chi connectivity index (χ1) is 12.2. The molecular formula is C23H34F2. The molecule has 0 saturated heterocycles. The minimum atomic E-state index is -0.738. The highest BCUT2D eigenvalue weighted by atomic mass is 19.2. The van der Waals surface area contributed by atoms with Crippen LogP contribution in [-0.4, -0.2) is 0 Å². The molecule has 2 saturated carbocycles. The minimum Gasteiger partial charge on any atom is -0.204 e. The molecule has 0 atom stereocenters. The van der Waals surface area contributed by atoms with Crippen molar-refractivity contribution in [1.29, 1.82) is 0 Å². The summed E-state index contributed by atoms with van der Waals surface area (Å²) in [5, 5.41) is 0. The second-order valence-electron chi connectivity index (χ2n) is 8.64. The first kappa shape index (κ1) is 18.9. The molecule has 0 N–H and O–H groups in total. The van der Waals surface area contributed by atoms with Crippen molar-refractivity contribution in [3.05, 3.63) is 35.4 Å². The van der Waals surface area contributed by atoms with Crippen molar-refractivity contribution in [1.82, 2.24) is 0 Å². The van der Waals surface area contributed by atoms with Gasteiger partial charge < -0.3 is 0 Å². The fourth-order valence-electron chi connectivity index (χ4n) is 5.37. The molecule has 0 aliphatic heterocycles. The van der Waals surface area contributed by atoms with Crippen molar-refractivity contribution < 1.29 is 8.78 Å². The van der Waals surface area contributed by atoms with E-state index in [2.05, 4.69) is 6.92 Å². The van der Waals surface area contributed by atoms with E-state index in [1.165, 1.54) is 76.3 Å². The molecule has 25 heavy (non-hydrogen) atoms. The second kappa shape index (κ2) is 9.14. The van der Waals surface area contributed by atoms with E-state index in [4.69, 9.17) is 0 Å². The van der Waals surface area contributed by atoms with Crippen molar-refractivity contribution in [3.63, 3.8) is 0 Å². The molecule has 2 heteroatoms. The molecule has 0 aromatic heterocycles. The summed E-state index contributed by atoms with van der Waals surface area (Å²) in [6.07, 6.45) is 16.1. The molecule has 2 aliphatic rings. The highest BCUT2D eigenvalue weighted by Gasteiger charge is 2.30. The van der Waals surface area contributed by atoms with Gasteiger partial charge in [-0.05, 0) is 79.9 Å². The van der Waals surface area contributed by atoms with Crippen LogP contribution in [0.25, 0.3) is 0 Å². The zero-order chi connectivity index (χ0) is 17.6. The SMILES string of the molecule is CCC[C@H]1CC[C@H]([C@H]2CC[C@H](CCc3ccc(F)c(F)c3)CC2)CC1. The van der Waals surface area contributed by atoms with E-state index >= 15 is 0 Å². The van der Waals surface area contributed by atoms with Gasteiger partial charge in [-0.25, -0.2) is 8.78 Å². The topological polar surface area (TPSA) is 0 Å². The van der Waals surface area contributed by atoms with E-state index in [1.807, 2.05) is 0 Å². The molecule has 140 valence electrons. The van der Waals surface area contributed by atoms with Gasteiger partial charge in [0.15, 0.2) is 11.6 Å². The van der Waals surface area contributed by atoms with Crippen LogP contribution in [0.3, 0.4) is 0 Å². The lowest BCUT2D eigenvalue weighted by atomic mass is 9.68. The number of hydrogen-bond donors (Lipinski definition) is 0. The molecule has 2 fully saturated rings. The van der Waals surface area contributed by atoms with E-state index in [1.54, 1.807) is 6.07 Å². The monoisotopic (exact) mass is 348 g/mol. The molecule has 0 radical (unpaired) electrons. The van der Waals surface area contributed by atoms with Gasteiger partial charge >= 0.3 is 0 Å². The molecule has 3 rings (SSSR count). The van der Waals surface area contributed by atoms with Gasteiger partial charge in [0.25, 0.3) is 0 Å². The Labute approximate surface area is 152 Å². The van der Waals surface area contributed by atoms with Crippen molar-refractivity contribution >= 4 is 0 Å². The molecule has 0 spiro atoms. The highest BCUT2D eigenvalue weighted by molar-refractivity contribution is 5.17. The Balaban J connectivity index is 1.38. The summed E-state index contributed by atoms with van der Waals surface area (Å²) < 4.78 is 26.3. The average molecular weight is 349 g/mol. The number of benzene rings is 1. The van der Waals surface area contributed by atoms with E-state index in [-0.39, 0.29) is 0 Å². The van der Waals surface area contributed by atoms with Crippen LogP contribution in [0.2, 0.25) is 0 Å². The number of rotatable bonds is 6. The minimum absolute atomic E-state index is 0.708. The van der Waals surface area contributed by atoms with Crippen molar-refractivity contribution in [3.8, 4) is 0 Å². The van der Waals surface area contributed by atoms with Gasteiger partial charge in [-0.3, -0.25) is 0 Å². The molecular weight excluding hydrogens is 314 g/mol. The van der Waals surface area contributed by atoms with Gasteiger partial charge in [0.05, 0.1) is 0 Å². The Hall–Kier alpha value is -0.920. The van der Waals surface area contributed by atoms with E-state index in [0.29, 0.717) is 0 Å². The Morgan fingerprint density at radius 2 is 1.32 bits per heavy atom. The Bertz CT molecular complexity index is 523. The summed E-state index contributed by atoms with van der Waals surface area (Å²) >= 11 is 0. The standard InChI is InChI=1S/C23H34F2/c1-2-3-17-6-11-20(12-7-17)21-13-8-18(9-14-21)4-5-19-10-15-22(24)23(25)16-19/h10,15-18,20-21H,2-9,11-14H2,1H3/t17-,18-,20-,21-. The van der Waals surface area contributed by atoms with Gasteiger partial charge in [0.1, 0.15) is 0 Å². The Kier molecular flexibility index (Phi) is 6.90. The molecule has 0 heterocycles. The molecule has 0 amide bonds. The Morgan fingerprint density at radius 3 is 1.84 bits per heavy atom. The zero-order valence-electron chi connectivity index (χ0n) is 15.8. The Morgan fingerprint density at radius 1 is 0.760 bits per heavy atom. The van der Waals surface area contributed by atoms with Gasteiger partial charge in [-0.15, -0.1) is 0 Å². The molecule has 0 unspecified atom stereocenters. The highest BCUT2D eigenvalue weighted by Crippen LogP contribution is 2.42. The normalized spacial score (nSPS) is 30.4. The maximum absolute atomic E-state index is 13.3. The largest absolute Gasteiger partial charge is 0.204 e. The van der Waals surface area contributed by atoms with E-state index < -0.39 is 11.6 Å². The molecule has 1 aromatic carbocycles. The van der Waals surface area contributed by atoms with Crippen LogP contribution in [0.1, 0.15) is 83.1 Å². The zero-order valence-corrected chi connectivity index (χ0v) is 15.8. The summed E-state index contributed by atoms with van der Waals surface area (Å²) in [6, 6.07) is 4.37. The third kappa shape index (κ3) is 5.28. The summed E-state index contributed by atoms with van der Waals surface area (Å²) in [7, 11) is 0. The first-order valence-corrected chi connectivity index (χ1v) is 10.6. The third-order valence-electron chi connectivity index (χ3n) is 6.97. The van der Waals surface area contributed by atoms with Crippen molar-refractivity contribution in [2.45, 2.75) is 84.0 Å². The van der Waals surface area contributed by atoms with E-state index in [9.17, 15) is 8.78 Å². The number of aryl methyl sites for hydroxylation is 1. The smallest absolute Gasteiger partial charge is 0.159 e. The summed E-state index contributed by atoms with van der Waals surface area (Å²) in [5.41, 5.74) is 0.940. The number of halogens is 2. The van der Waals surface area contributed by atoms with Crippen LogP contribution in [0, 0.1) is 35.3 Å². The lowest BCUT2D eigenvalue weighted by molar-refractivity contribution is 0.141. The van der Waals surface area contributed by atoms with Gasteiger partial charge in [-0.1, -0.05) is 51.5 Å². The van der Waals surface area contributed by atoms with Crippen LogP contribution >= 0.6 is 0 Å². The predicted molar refractivity (Wildman–Crippen MR) is 100 cm³/mol. The summed E-state index contributed by atoms with van der Waals surface area (Å²) in [4.78, 5) is 0. The van der Waals surface area contributed by atoms with E-state index in [0.717, 1.165) is 42.1 Å². The maximum Gasteiger partial charge on any atom is 0.159 e. The second-order valence-corrected chi connectivity index (χ2v) is 8.64. The van der Waals surface area contributed by atoms with Gasteiger partial charge in [-0.2, -0.15) is 0 Å². The first-order valence-electron chi connectivity index (χ1n) is 10.6. The van der Waals surface area contributed by atoms with Crippen LogP contribution in [0.5, 0.6) is 0 Å². The molecule has 0 nitrogen and oxygen atoms in total. The molecule has 0 bridgehead atoms. The molecule has 2 aliphatic carbocycles. The third-order valence-corrected chi connectivity index (χ3v) is 6.97. The predicted octanol–water partition coefficient (Wildman–Crippen LogP) is 7.31. The fourth-order valence-corrected chi connectivity index (χ4v) is 5.37.